The first-order chi connectivity index (χ1) is 51.5. The second-order valence-electron chi connectivity index (χ2n) is 26.7. The number of nitrogens with zero attached hydrogens (tertiary/aromatic N) is 6. The zero-order chi connectivity index (χ0) is 68.7. The predicted octanol–water partition coefficient (Wildman–Crippen LogP) is 23.4. The topological polar surface area (TPSA) is 104 Å². The van der Waals surface area contributed by atoms with Crippen molar-refractivity contribution in [3.8, 4) is 90.6 Å². The molecule has 2 aliphatic rings. The van der Waals surface area contributed by atoms with Crippen molar-refractivity contribution in [2.24, 2.45) is 0 Å². The van der Waals surface area contributed by atoms with Crippen LogP contribution in [-0.2, 0) is 10.8 Å². The minimum absolute atomic E-state index is 0.506. The molecule has 1 unspecified atom stereocenters. The SMILES string of the molecule is c1ccc(-c2nc(-c3ccccc3)nc(-c3ccc4oc5ccc(C6(c7ccccc7)c7ccccc7-c7c6ccc6ccccc76)cc5c4c3)n2)cc1.c1ccc(-c2nc(-c3ccccc3)nc(-c3cccc4c3oc3cc(C5(c6ccccc6)c6ccccc6-c6ccccc65)ccc34)n2)cc1. The maximum atomic E-state index is 6.89. The normalized spacial score (nSPS) is 13.9. The number of fused-ring (bicyclic) bond motifs is 14. The largest absolute Gasteiger partial charge is 0.456 e. The van der Waals surface area contributed by atoms with Crippen LogP contribution in [-0.4, -0.2) is 29.9 Å². The number of benzene rings is 15. The van der Waals surface area contributed by atoms with E-state index in [9.17, 15) is 0 Å². The quantitative estimate of drug-likeness (QED) is 0.133. The van der Waals surface area contributed by atoms with Gasteiger partial charge in [-0.25, -0.2) is 29.9 Å². The molecule has 1 atom stereocenters. The number of para-hydroxylation sites is 1. The van der Waals surface area contributed by atoms with Crippen molar-refractivity contribution in [1.82, 2.24) is 29.9 Å². The number of rotatable bonds is 10. The fourth-order valence-electron chi connectivity index (χ4n) is 16.5. The third-order valence-electron chi connectivity index (χ3n) is 21.0. The van der Waals surface area contributed by atoms with Gasteiger partial charge in [-0.3, -0.25) is 0 Å². The Labute approximate surface area is 599 Å². The monoisotopic (exact) mass is 1330 g/mol. The van der Waals surface area contributed by atoms with E-state index in [0.717, 1.165) is 82.8 Å². The molecule has 0 N–H and O–H groups in total. The summed E-state index contributed by atoms with van der Waals surface area (Å²) in [6.45, 7) is 0. The highest BCUT2D eigenvalue weighted by atomic mass is 16.3. The Morgan fingerprint density at radius 2 is 0.606 bits per heavy atom. The molecular weight excluding hydrogens is 1270 g/mol. The van der Waals surface area contributed by atoms with Crippen molar-refractivity contribution in [2.45, 2.75) is 10.8 Å². The third kappa shape index (κ3) is 9.60. The number of furan rings is 2. The molecule has 19 aromatic rings. The van der Waals surface area contributed by atoms with Crippen LogP contribution in [0.2, 0.25) is 0 Å². The Kier molecular flexibility index (Phi) is 14.2. The molecule has 0 saturated heterocycles. The molecule has 0 spiro atoms. The Morgan fingerprint density at radius 1 is 0.202 bits per heavy atom. The van der Waals surface area contributed by atoms with Gasteiger partial charge in [-0.15, -0.1) is 0 Å². The lowest BCUT2D eigenvalue weighted by molar-refractivity contribution is 0.666. The molecule has 8 nitrogen and oxygen atoms in total. The van der Waals surface area contributed by atoms with Gasteiger partial charge in [0, 0.05) is 49.4 Å². The fraction of sp³-hybridized carbons (Fsp3) is 0.0208. The molecule has 21 rings (SSSR count). The molecule has 104 heavy (non-hydrogen) atoms. The second-order valence-corrected chi connectivity index (χ2v) is 26.7. The predicted molar refractivity (Wildman–Crippen MR) is 419 cm³/mol. The fourth-order valence-corrected chi connectivity index (χ4v) is 16.5. The highest BCUT2D eigenvalue weighted by Crippen LogP contribution is 2.59. The summed E-state index contributed by atoms with van der Waals surface area (Å²) in [6, 6.07) is 128. The van der Waals surface area contributed by atoms with E-state index in [-0.39, 0.29) is 0 Å². The standard InChI is InChI=1S/C50H31N3O.C46H29N3O/c1-4-15-33(16-5-1)47-51-48(34-17-6-2-7-18-34)53-49(52-47)35-25-28-44-40(30-35)41-31-37(26-29-45(41)54-44)50(36-19-8-3-9-20-36)42-23-13-12-22-39(42)46-38-21-11-10-14-32(38)24-27-43(46)50;1-4-15-30(16-5-1)43-47-44(31-17-6-2-7-18-31)49-45(48-43)38-24-14-23-37-36-28-27-33(29-41(36)50-42(37)38)46(32-19-8-3-9-20-32)39-25-12-10-21-34(39)35-22-11-13-26-40(35)46/h1-31H;1-29H. The molecule has 4 aromatic heterocycles. The Morgan fingerprint density at radius 3 is 1.16 bits per heavy atom. The van der Waals surface area contributed by atoms with Gasteiger partial charge in [0.2, 0.25) is 0 Å². The zero-order valence-corrected chi connectivity index (χ0v) is 56.1. The van der Waals surface area contributed by atoms with Crippen molar-refractivity contribution in [1.29, 1.82) is 0 Å². The first kappa shape index (κ1) is 60.2. The molecule has 2 aliphatic carbocycles. The summed E-state index contributed by atoms with van der Waals surface area (Å²) < 4.78 is 13.4. The van der Waals surface area contributed by atoms with Gasteiger partial charge in [0.1, 0.15) is 22.3 Å². The van der Waals surface area contributed by atoms with Gasteiger partial charge in [-0.05, 0) is 120 Å². The summed E-state index contributed by atoms with van der Waals surface area (Å²) >= 11 is 0. The molecule has 0 saturated carbocycles. The highest BCUT2D eigenvalue weighted by Gasteiger charge is 2.48. The van der Waals surface area contributed by atoms with Crippen molar-refractivity contribution >= 4 is 54.6 Å². The molecule has 0 aliphatic heterocycles. The lowest BCUT2D eigenvalue weighted by Crippen LogP contribution is -2.28. The van der Waals surface area contributed by atoms with E-state index in [2.05, 4.69) is 224 Å². The number of hydrogen-bond acceptors (Lipinski definition) is 8. The molecule has 0 fully saturated rings. The van der Waals surface area contributed by atoms with Crippen LogP contribution < -0.4 is 0 Å². The average molecular weight is 1330 g/mol. The van der Waals surface area contributed by atoms with Crippen molar-refractivity contribution in [2.75, 3.05) is 0 Å². The van der Waals surface area contributed by atoms with Gasteiger partial charge < -0.3 is 8.83 Å². The van der Waals surface area contributed by atoms with Crippen LogP contribution in [0.1, 0.15) is 44.5 Å². The molecule has 8 heteroatoms. The molecular formula is C96H60N6O2. The summed E-state index contributed by atoms with van der Waals surface area (Å²) in [7, 11) is 0. The van der Waals surface area contributed by atoms with Gasteiger partial charge in [-0.2, -0.15) is 0 Å². The van der Waals surface area contributed by atoms with E-state index < -0.39 is 10.8 Å². The zero-order valence-electron chi connectivity index (χ0n) is 56.1. The molecule has 0 radical (unpaired) electrons. The first-order valence-electron chi connectivity index (χ1n) is 35.1. The first-order valence-corrected chi connectivity index (χ1v) is 35.1. The van der Waals surface area contributed by atoms with E-state index in [1.807, 2.05) is 140 Å². The highest BCUT2D eigenvalue weighted by molar-refractivity contribution is 6.11. The van der Waals surface area contributed by atoms with Crippen LogP contribution in [0, 0.1) is 0 Å². The number of aromatic nitrogens is 6. The summed E-state index contributed by atoms with van der Waals surface area (Å²) in [6.07, 6.45) is 0. The average Bonchev–Trinajstić information content (AvgIpc) is 1.52. The van der Waals surface area contributed by atoms with E-state index >= 15 is 0 Å². The van der Waals surface area contributed by atoms with Crippen molar-refractivity contribution in [3.63, 3.8) is 0 Å². The van der Waals surface area contributed by atoms with Gasteiger partial charge in [0.15, 0.2) is 34.9 Å². The minimum Gasteiger partial charge on any atom is -0.456 e. The maximum absolute atomic E-state index is 6.89. The summed E-state index contributed by atoms with van der Waals surface area (Å²) in [5, 5.41) is 6.64. The summed E-state index contributed by atoms with van der Waals surface area (Å²) in [5.41, 5.74) is 22.6. The van der Waals surface area contributed by atoms with Gasteiger partial charge in [0.25, 0.3) is 0 Å². The molecule has 0 bridgehead atoms. The smallest absolute Gasteiger partial charge is 0.167 e. The number of hydrogen-bond donors (Lipinski definition) is 0. The lowest BCUT2D eigenvalue weighted by Gasteiger charge is -2.34. The van der Waals surface area contributed by atoms with Gasteiger partial charge >= 0.3 is 0 Å². The Hall–Kier alpha value is -13.8. The maximum Gasteiger partial charge on any atom is 0.167 e. The van der Waals surface area contributed by atoms with E-state index in [1.54, 1.807) is 0 Å². The van der Waals surface area contributed by atoms with Crippen molar-refractivity contribution < 1.29 is 8.83 Å². The summed E-state index contributed by atoms with van der Waals surface area (Å²) in [4.78, 5) is 29.9. The van der Waals surface area contributed by atoms with E-state index in [1.165, 1.54) is 72.0 Å². The van der Waals surface area contributed by atoms with Crippen LogP contribution in [0.5, 0.6) is 0 Å². The second kappa shape index (κ2) is 24.5. The molecule has 4 heterocycles. The van der Waals surface area contributed by atoms with Gasteiger partial charge in [0.05, 0.1) is 16.4 Å². The van der Waals surface area contributed by atoms with Crippen LogP contribution in [0.25, 0.3) is 145 Å². The van der Waals surface area contributed by atoms with E-state index in [0.29, 0.717) is 34.9 Å². The molecule has 15 aromatic carbocycles. The van der Waals surface area contributed by atoms with Crippen LogP contribution >= 0.6 is 0 Å². The summed E-state index contributed by atoms with van der Waals surface area (Å²) in [5.74, 6) is 3.69. The van der Waals surface area contributed by atoms with Crippen molar-refractivity contribution in [3.05, 3.63) is 408 Å². The Bertz CT molecular complexity index is 6380. The molecule has 0 amide bonds. The van der Waals surface area contributed by atoms with E-state index in [4.69, 9.17) is 38.7 Å². The Balaban J connectivity index is 0.000000139. The van der Waals surface area contributed by atoms with Crippen LogP contribution in [0.4, 0.5) is 0 Å². The van der Waals surface area contributed by atoms with Crippen LogP contribution in [0.3, 0.4) is 0 Å². The third-order valence-corrected chi connectivity index (χ3v) is 21.0. The van der Waals surface area contributed by atoms with Crippen LogP contribution in [0.15, 0.2) is 373 Å². The minimum atomic E-state index is -0.546. The van der Waals surface area contributed by atoms with Gasteiger partial charge in [-0.1, -0.05) is 322 Å². The lowest BCUT2D eigenvalue weighted by atomic mass is 9.67. The molecule has 486 valence electrons.